The summed E-state index contributed by atoms with van der Waals surface area (Å²) < 4.78 is 26.0. The maximum absolute atomic E-state index is 12.4. The lowest BCUT2D eigenvalue weighted by molar-refractivity contribution is 0.0937. The molecule has 23 heavy (non-hydrogen) atoms. The van der Waals surface area contributed by atoms with E-state index in [0.717, 1.165) is 24.8 Å². The fourth-order valence-corrected chi connectivity index (χ4v) is 3.09. The molecule has 1 amide bonds. The van der Waals surface area contributed by atoms with Gasteiger partial charge in [-0.2, -0.15) is 0 Å². The standard InChI is InChI=1S/C17H28N2O3S/c1-12(2)7-6-8-14(4)19-17(20)16-11-15(10-9-13(16)3)23(21,22)18-5/h9-12,14,18H,6-8H2,1-5H3,(H,19,20)/t14-/m1/s1. The van der Waals surface area contributed by atoms with Gasteiger partial charge < -0.3 is 5.32 Å². The monoisotopic (exact) mass is 340 g/mol. The Morgan fingerprint density at radius 1 is 1.17 bits per heavy atom. The lowest BCUT2D eigenvalue weighted by atomic mass is 10.0. The van der Waals surface area contributed by atoms with Gasteiger partial charge in [0.2, 0.25) is 10.0 Å². The molecule has 0 bridgehead atoms. The molecule has 130 valence electrons. The van der Waals surface area contributed by atoms with Crippen LogP contribution in [-0.2, 0) is 10.0 Å². The second-order valence-electron chi connectivity index (χ2n) is 6.38. The van der Waals surface area contributed by atoms with Crippen LogP contribution in [0.25, 0.3) is 0 Å². The van der Waals surface area contributed by atoms with E-state index in [0.29, 0.717) is 11.5 Å². The van der Waals surface area contributed by atoms with Crippen LogP contribution in [0.3, 0.4) is 0 Å². The van der Waals surface area contributed by atoms with Crippen molar-refractivity contribution in [1.29, 1.82) is 0 Å². The molecular formula is C17H28N2O3S. The molecule has 1 rings (SSSR count). The van der Waals surface area contributed by atoms with E-state index >= 15 is 0 Å². The fraction of sp³-hybridized carbons (Fsp3) is 0.588. The van der Waals surface area contributed by atoms with E-state index in [9.17, 15) is 13.2 Å². The van der Waals surface area contributed by atoms with Gasteiger partial charge in [0.15, 0.2) is 0 Å². The largest absolute Gasteiger partial charge is 0.350 e. The number of carbonyl (C=O) groups is 1. The van der Waals surface area contributed by atoms with Crippen LogP contribution in [0.1, 0.15) is 56.0 Å². The van der Waals surface area contributed by atoms with Crippen molar-refractivity contribution >= 4 is 15.9 Å². The number of rotatable bonds is 8. The first-order valence-corrected chi connectivity index (χ1v) is 9.50. The third-order valence-corrected chi connectivity index (χ3v) is 5.24. The van der Waals surface area contributed by atoms with Crippen LogP contribution >= 0.6 is 0 Å². The van der Waals surface area contributed by atoms with Crippen LogP contribution in [-0.4, -0.2) is 27.4 Å². The van der Waals surface area contributed by atoms with Crippen molar-refractivity contribution in [2.75, 3.05) is 7.05 Å². The molecule has 5 nitrogen and oxygen atoms in total. The van der Waals surface area contributed by atoms with Gasteiger partial charge in [0, 0.05) is 11.6 Å². The zero-order valence-electron chi connectivity index (χ0n) is 14.6. The summed E-state index contributed by atoms with van der Waals surface area (Å²) in [6, 6.07) is 4.65. The highest BCUT2D eigenvalue weighted by molar-refractivity contribution is 7.89. The van der Waals surface area contributed by atoms with Gasteiger partial charge in [0.1, 0.15) is 0 Å². The van der Waals surface area contributed by atoms with Crippen molar-refractivity contribution < 1.29 is 13.2 Å². The number of hydrogen-bond acceptors (Lipinski definition) is 3. The first-order chi connectivity index (χ1) is 10.7. The van der Waals surface area contributed by atoms with E-state index < -0.39 is 10.0 Å². The molecule has 1 atom stereocenters. The molecule has 0 spiro atoms. The maximum Gasteiger partial charge on any atom is 0.251 e. The summed E-state index contributed by atoms with van der Waals surface area (Å²) in [5.41, 5.74) is 1.16. The Labute approximate surface area is 139 Å². The van der Waals surface area contributed by atoms with Crippen molar-refractivity contribution in [1.82, 2.24) is 10.0 Å². The molecule has 0 unspecified atom stereocenters. The first-order valence-electron chi connectivity index (χ1n) is 8.02. The van der Waals surface area contributed by atoms with Crippen LogP contribution in [0.4, 0.5) is 0 Å². The smallest absolute Gasteiger partial charge is 0.251 e. The minimum Gasteiger partial charge on any atom is -0.350 e. The topological polar surface area (TPSA) is 75.3 Å². The fourth-order valence-electron chi connectivity index (χ4n) is 2.34. The molecular weight excluding hydrogens is 312 g/mol. The number of sulfonamides is 1. The van der Waals surface area contributed by atoms with Crippen LogP contribution in [0.5, 0.6) is 0 Å². The second kappa shape index (κ2) is 8.45. The molecule has 0 aliphatic carbocycles. The Balaban J connectivity index is 2.81. The number of hydrogen-bond donors (Lipinski definition) is 2. The number of carbonyl (C=O) groups excluding carboxylic acids is 1. The van der Waals surface area contributed by atoms with Crippen molar-refractivity contribution in [2.45, 2.75) is 57.9 Å². The summed E-state index contributed by atoms with van der Waals surface area (Å²) in [4.78, 5) is 12.5. The summed E-state index contributed by atoms with van der Waals surface area (Å²) >= 11 is 0. The summed E-state index contributed by atoms with van der Waals surface area (Å²) in [6.07, 6.45) is 3.11. The Kier molecular flexibility index (Phi) is 7.22. The number of benzene rings is 1. The quantitative estimate of drug-likeness (QED) is 0.764. The summed E-state index contributed by atoms with van der Waals surface area (Å²) in [5, 5.41) is 2.95. The van der Waals surface area contributed by atoms with Gasteiger partial charge in [-0.3, -0.25) is 4.79 Å². The summed E-state index contributed by atoms with van der Waals surface area (Å²) in [5.74, 6) is 0.427. The maximum atomic E-state index is 12.4. The minimum atomic E-state index is -3.55. The van der Waals surface area contributed by atoms with Crippen molar-refractivity contribution in [3.8, 4) is 0 Å². The minimum absolute atomic E-state index is 0.0604. The Bertz CT molecular complexity index is 639. The molecule has 0 aromatic heterocycles. The Morgan fingerprint density at radius 3 is 2.39 bits per heavy atom. The van der Waals surface area contributed by atoms with E-state index in [1.54, 1.807) is 13.0 Å². The molecule has 0 fully saturated rings. The number of nitrogens with one attached hydrogen (secondary N) is 2. The van der Waals surface area contributed by atoms with Gasteiger partial charge in [-0.15, -0.1) is 0 Å². The average Bonchev–Trinajstić information content (AvgIpc) is 2.46. The molecule has 2 N–H and O–H groups in total. The average molecular weight is 340 g/mol. The van der Waals surface area contributed by atoms with E-state index in [2.05, 4.69) is 23.9 Å². The van der Waals surface area contributed by atoms with Crippen molar-refractivity contribution in [3.05, 3.63) is 29.3 Å². The van der Waals surface area contributed by atoms with Crippen LogP contribution in [0.15, 0.2) is 23.1 Å². The zero-order valence-corrected chi connectivity index (χ0v) is 15.5. The lowest BCUT2D eigenvalue weighted by Crippen LogP contribution is -2.33. The van der Waals surface area contributed by atoms with Crippen LogP contribution in [0.2, 0.25) is 0 Å². The third kappa shape index (κ3) is 5.95. The van der Waals surface area contributed by atoms with Gasteiger partial charge in [-0.05, 0) is 50.9 Å². The molecule has 0 saturated carbocycles. The Hall–Kier alpha value is -1.40. The summed E-state index contributed by atoms with van der Waals surface area (Å²) in [6.45, 7) is 8.14. The van der Waals surface area contributed by atoms with Crippen molar-refractivity contribution in [2.24, 2.45) is 5.92 Å². The van der Waals surface area contributed by atoms with Gasteiger partial charge in [-0.1, -0.05) is 32.8 Å². The van der Waals surface area contributed by atoms with Gasteiger partial charge in [-0.25, -0.2) is 13.1 Å². The van der Waals surface area contributed by atoms with Crippen LogP contribution in [0, 0.1) is 12.8 Å². The third-order valence-electron chi connectivity index (χ3n) is 3.83. The number of aryl methyl sites for hydroxylation is 1. The van der Waals surface area contributed by atoms with E-state index in [1.165, 1.54) is 19.2 Å². The SMILES string of the molecule is CNS(=O)(=O)c1ccc(C)c(C(=O)N[C@H](C)CCCC(C)C)c1. The van der Waals surface area contributed by atoms with Crippen molar-refractivity contribution in [3.63, 3.8) is 0 Å². The highest BCUT2D eigenvalue weighted by atomic mass is 32.2. The highest BCUT2D eigenvalue weighted by Crippen LogP contribution is 2.16. The molecule has 0 heterocycles. The van der Waals surface area contributed by atoms with E-state index in [4.69, 9.17) is 0 Å². The highest BCUT2D eigenvalue weighted by Gasteiger charge is 2.17. The number of amides is 1. The molecule has 1 aromatic carbocycles. The normalized spacial score (nSPS) is 13.1. The predicted molar refractivity (Wildman–Crippen MR) is 93.0 cm³/mol. The van der Waals surface area contributed by atoms with Gasteiger partial charge in [0.05, 0.1) is 4.90 Å². The first kappa shape index (κ1) is 19.6. The van der Waals surface area contributed by atoms with E-state index in [1.807, 2.05) is 6.92 Å². The van der Waals surface area contributed by atoms with E-state index in [-0.39, 0.29) is 16.8 Å². The predicted octanol–water partition coefficient (Wildman–Crippen LogP) is 2.85. The zero-order chi connectivity index (χ0) is 17.6. The molecule has 0 saturated heterocycles. The second-order valence-corrected chi connectivity index (χ2v) is 8.27. The van der Waals surface area contributed by atoms with Gasteiger partial charge >= 0.3 is 0 Å². The van der Waals surface area contributed by atoms with Crippen LogP contribution < -0.4 is 10.0 Å². The molecule has 0 radical (unpaired) electrons. The molecule has 6 heteroatoms. The molecule has 0 aliphatic rings. The Morgan fingerprint density at radius 2 is 1.83 bits per heavy atom. The van der Waals surface area contributed by atoms with Gasteiger partial charge in [0.25, 0.3) is 5.91 Å². The molecule has 0 aliphatic heterocycles. The lowest BCUT2D eigenvalue weighted by Gasteiger charge is -2.16. The molecule has 1 aromatic rings. The summed E-state index contributed by atoms with van der Waals surface area (Å²) in [7, 11) is -2.20.